The van der Waals surface area contributed by atoms with Crippen molar-refractivity contribution in [3.8, 4) is 11.5 Å². The Morgan fingerprint density at radius 1 is 1.08 bits per heavy atom. The van der Waals surface area contributed by atoms with Gasteiger partial charge in [-0.1, -0.05) is 34.1 Å². The summed E-state index contributed by atoms with van der Waals surface area (Å²) in [6, 6.07) is 13.2. The van der Waals surface area contributed by atoms with Gasteiger partial charge in [0.2, 0.25) is 5.91 Å². The number of amides is 1. The Balaban J connectivity index is 2.09. The van der Waals surface area contributed by atoms with Gasteiger partial charge in [-0.3, -0.25) is 4.79 Å². The summed E-state index contributed by atoms with van der Waals surface area (Å²) in [7, 11) is 3.17. The molecular formula is C19H20BrNO3. The molecule has 0 fully saturated rings. The van der Waals surface area contributed by atoms with E-state index < -0.39 is 0 Å². The van der Waals surface area contributed by atoms with Crippen molar-refractivity contribution < 1.29 is 14.3 Å². The van der Waals surface area contributed by atoms with Crippen molar-refractivity contribution in [2.24, 2.45) is 0 Å². The Morgan fingerprint density at radius 2 is 1.67 bits per heavy atom. The van der Waals surface area contributed by atoms with Crippen LogP contribution in [0.1, 0.15) is 24.1 Å². The van der Waals surface area contributed by atoms with Crippen molar-refractivity contribution >= 4 is 27.9 Å². The minimum absolute atomic E-state index is 0.0881. The highest BCUT2D eigenvalue weighted by Gasteiger charge is 2.09. The van der Waals surface area contributed by atoms with Gasteiger partial charge in [-0.2, -0.15) is 0 Å². The van der Waals surface area contributed by atoms with Gasteiger partial charge in [-0.15, -0.1) is 0 Å². The predicted molar refractivity (Wildman–Crippen MR) is 99.3 cm³/mol. The van der Waals surface area contributed by atoms with Crippen molar-refractivity contribution in [1.29, 1.82) is 0 Å². The fourth-order valence-corrected chi connectivity index (χ4v) is 2.56. The molecule has 0 aliphatic rings. The summed E-state index contributed by atoms with van der Waals surface area (Å²) >= 11 is 3.40. The van der Waals surface area contributed by atoms with E-state index in [9.17, 15) is 4.79 Å². The molecule has 0 aliphatic carbocycles. The van der Waals surface area contributed by atoms with Crippen molar-refractivity contribution in [3.05, 3.63) is 64.1 Å². The highest BCUT2D eigenvalue weighted by atomic mass is 79.9. The summed E-state index contributed by atoms with van der Waals surface area (Å²) < 4.78 is 11.6. The fourth-order valence-electron chi connectivity index (χ4n) is 2.30. The molecule has 4 nitrogen and oxygen atoms in total. The van der Waals surface area contributed by atoms with Crippen LogP contribution in [-0.4, -0.2) is 20.1 Å². The summed E-state index contributed by atoms with van der Waals surface area (Å²) in [5, 5.41) is 2.94. The molecule has 0 unspecified atom stereocenters. The summed E-state index contributed by atoms with van der Waals surface area (Å²) in [4.78, 5) is 12.2. The molecule has 2 aromatic carbocycles. The standard InChI is InChI=1S/C19H20BrNO3/c1-13(14-7-9-15(20)10-8-14)21-19(22)12-11-16-17(23-2)5-4-6-18(16)24-3/h4-13H,1-3H3,(H,21,22)/b12-11+/t13-/m0/s1. The van der Waals surface area contributed by atoms with Gasteiger partial charge in [-0.05, 0) is 42.8 Å². The molecule has 1 amide bonds. The predicted octanol–water partition coefficient (Wildman–Crippen LogP) is 4.36. The number of hydrogen-bond acceptors (Lipinski definition) is 3. The molecule has 1 atom stereocenters. The molecule has 126 valence electrons. The Hall–Kier alpha value is -2.27. The van der Waals surface area contributed by atoms with E-state index in [4.69, 9.17) is 9.47 Å². The number of benzene rings is 2. The molecule has 2 rings (SSSR count). The Kier molecular flexibility index (Phi) is 6.44. The van der Waals surface area contributed by atoms with Crippen LogP contribution in [-0.2, 0) is 4.79 Å². The second-order valence-electron chi connectivity index (χ2n) is 5.19. The fraction of sp³-hybridized carbons (Fsp3) is 0.211. The third-order valence-electron chi connectivity index (χ3n) is 3.60. The zero-order chi connectivity index (χ0) is 17.5. The monoisotopic (exact) mass is 389 g/mol. The SMILES string of the molecule is COc1cccc(OC)c1/C=C/C(=O)N[C@@H](C)c1ccc(Br)cc1. The van der Waals surface area contributed by atoms with Crippen LogP contribution in [0.2, 0.25) is 0 Å². The topological polar surface area (TPSA) is 47.6 Å². The molecule has 0 heterocycles. The van der Waals surface area contributed by atoms with Gasteiger partial charge in [0.25, 0.3) is 0 Å². The van der Waals surface area contributed by atoms with Crippen LogP contribution in [0.5, 0.6) is 11.5 Å². The van der Waals surface area contributed by atoms with E-state index >= 15 is 0 Å². The molecule has 0 saturated carbocycles. The van der Waals surface area contributed by atoms with E-state index in [0.29, 0.717) is 11.5 Å². The maximum absolute atomic E-state index is 12.2. The lowest BCUT2D eigenvalue weighted by atomic mass is 10.1. The van der Waals surface area contributed by atoms with Crippen LogP contribution < -0.4 is 14.8 Å². The normalized spacial score (nSPS) is 12.0. The van der Waals surface area contributed by atoms with Crippen molar-refractivity contribution in [2.75, 3.05) is 14.2 Å². The van der Waals surface area contributed by atoms with Gasteiger partial charge in [-0.25, -0.2) is 0 Å². The number of hydrogen-bond donors (Lipinski definition) is 1. The van der Waals surface area contributed by atoms with Crippen LogP contribution in [0.15, 0.2) is 53.0 Å². The smallest absolute Gasteiger partial charge is 0.244 e. The van der Waals surface area contributed by atoms with E-state index in [1.54, 1.807) is 20.3 Å². The number of methoxy groups -OCH3 is 2. The first-order chi connectivity index (χ1) is 11.5. The highest BCUT2D eigenvalue weighted by Crippen LogP contribution is 2.29. The quantitative estimate of drug-likeness (QED) is 0.746. The lowest BCUT2D eigenvalue weighted by Crippen LogP contribution is -2.24. The van der Waals surface area contributed by atoms with E-state index in [2.05, 4.69) is 21.2 Å². The first-order valence-corrected chi connectivity index (χ1v) is 8.29. The molecule has 0 aromatic heterocycles. The molecule has 5 heteroatoms. The van der Waals surface area contributed by atoms with Crippen molar-refractivity contribution in [2.45, 2.75) is 13.0 Å². The van der Waals surface area contributed by atoms with Crippen LogP contribution in [0.25, 0.3) is 6.08 Å². The number of carbonyl (C=O) groups is 1. The number of halogens is 1. The minimum Gasteiger partial charge on any atom is -0.496 e. The van der Waals surface area contributed by atoms with Gasteiger partial charge in [0.05, 0.1) is 25.8 Å². The average Bonchev–Trinajstić information content (AvgIpc) is 2.59. The lowest BCUT2D eigenvalue weighted by Gasteiger charge is -2.13. The molecule has 0 radical (unpaired) electrons. The van der Waals surface area contributed by atoms with E-state index in [0.717, 1.165) is 15.6 Å². The third kappa shape index (κ3) is 4.61. The van der Waals surface area contributed by atoms with Crippen LogP contribution in [0.4, 0.5) is 0 Å². The molecule has 0 saturated heterocycles. The maximum Gasteiger partial charge on any atom is 0.244 e. The van der Waals surface area contributed by atoms with Crippen molar-refractivity contribution in [3.63, 3.8) is 0 Å². The maximum atomic E-state index is 12.2. The van der Waals surface area contributed by atoms with Crippen LogP contribution in [0.3, 0.4) is 0 Å². The summed E-state index contributed by atoms with van der Waals surface area (Å²) in [5.41, 5.74) is 1.77. The number of ether oxygens (including phenoxy) is 2. The van der Waals surface area contributed by atoms with E-state index in [-0.39, 0.29) is 11.9 Å². The molecule has 24 heavy (non-hydrogen) atoms. The Labute approximate surface area is 150 Å². The number of carbonyl (C=O) groups excluding carboxylic acids is 1. The van der Waals surface area contributed by atoms with Crippen molar-refractivity contribution in [1.82, 2.24) is 5.32 Å². The first-order valence-electron chi connectivity index (χ1n) is 7.50. The van der Waals surface area contributed by atoms with Gasteiger partial charge < -0.3 is 14.8 Å². The summed E-state index contributed by atoms with van der Waals surface area (Å²) in [5.74, 6) is 1.12. The number of nitrogens with one attached hydrogen (secondary N) is 1. The molecule has 0 aliphatic heterocycles. The van der Waals surface area contributed by atoms with Crippen LogP contribution >= 0.6 is 15.9 Å². The van der Waals surface area contributed by atoms with Crippen LogP contribution in [0, 0.1) is 0 Å². The molecule has 1 N–H and O–H groups in total. The van der Waals surface area contributed by atoms with Gasteiger partial charge >= 0.3 is 0 Å². The Morgan fingerprint density at radius 3 is 2.21 bits per heavy atom. The summed E-state index contributed by atoms with van der Waals surface area (Å²) in [6.07, 6.45) is 3.18. The zero-order valence-corrected chi connectivity index (χ0v) is 15.5. The molecular weight excluding hydrogens is 370 g/mol. The van der Waals surface area contributed by atoms with Gasteiger partial charge in [0.1, 0.15) is 11.5 Å². The molecule has 0 bridgehead atoms. The van der Waals surface area contributed by atoms with Gasteiger partial charge in [0.15, 0.2) is 0 Å². The Bertz CT molecular complexity index is 704. The van der Waals surface area contributed by atoms with Gasteiger partial charge in [0, 0.05) is 10.5 Å². The van der Waals surface area contributed by atoms with E-state index in [1.165, 1.54) is 6.08 Å². The first kappa shape index (κ1) is 18.1. The largest absolute Gasteiger partial charge is 0.496 e. The lowest BCUT2D eigenvalue weighted by molar-refractivity contribution is -0.117. The van der Waals surface area contributed by atoms with E-state index in [1.807, 2.05) is 49.4 Å². The molecule has 2 aromatic rings. The third-order valence-corrected chi connectivity index (χ3v) is 4.12. The second kappa shape index (κ2) is 8.55. The number of rotatable bonds is 6. The minimum atomic E-state index is -0.182. The summed E-state index contributed by atoms with van der Waals surface area (Å²) in [6.45, 7) is 1.94. The average molecular weight is 390 g/mol. The molecule has 0 spiro atoms. The highest BCUT2D eigenvalue weighted by molar-refractivity contribution is 9.10. The zero-order valence-electron chi connectivity index (χ0n) is 13.9. The second-order valence-corrected chi connectivity index (χ2v) is 6.11.